The Morgan fingerprint density at radius 3 is 2.66 bits per heavy atom. The molecule has 1 rings (SSSR count). The van der Waals surface area contributed by atoms with Gasteiger partial charge in [-0.15, -0.1) is 4.67 Å². The second-order valence-electron chi connectivity index (χ2n) is 6.36. The molecule has 1 saturated heterocycles. The first-order valence-corrected chi connectivity index (χ1v) is 10.6. The number of carbonyl (C=O) groups excluding carboxylic acids is 1. The highest BCUT2D eigenvalue weighted by molar-refractivity contribution is 7.47. The summed E-state index contributed by atoms with van der Waals surface area (Å²) in [6.45, 7) is -1.19. The smallest absolute Gasteiger partial charge is 0.394 e. The molecule has 0 radical (unpaired) electrons. The van der Waals surface area contributed by atoms with E-state index in [0.29, 0.717) is 12.8 Å². The molecule has 172 valence electrons. The van der Waals surface area contributed by atoms with Gasteiger partial charge < -0.3 is 40.1 Å². The van der Waals surface area contributed by atoms with Crippen LogP contribution in [0.3, 0.4) is 0 Å². The van der Waals surface area contributed by atoms with Crippen LogP contribution in [0.1, 0.15) is 25.7 Å². The molecule has 0 saturated carbocycles. The van der Waals surface area contributed by atoms with Gasteiger partial charge in [0.25, 0.3) is 0 Å². The second kappa shape index (κ2) is 13.6. The van der Waals surface area contributed by atoms with E-state index in [0.717, 1.165) is 7.11 Å². The molecule has 1 amide bonds. The highest BCUT2D eigenvalue weighted by Gasteiger charge is 2.36. The number of phosphoric acid groups is 1. The van der Waals surface area contributed by atoms with Gasteiger partial charge in [-0.3, -0.25) is 9.32 Å². The maximum atomic E-state index is 11.9. The predicted octanol–water partition coefficient (Wildman–Crippen LogP) is -1.83. The van der Waals surface area contributed by atoms with Crippen molar-refractivity contribution < 1.29 is 58.2 Å². The van der Waals surface area contributed by atoms with Crippen molar-refractivity contribution in [3.63, 3.8) is 0 Å². The first-order valence-electron chi connectivity index (χ1n) is 9.06. The van der Waals surface area contributed by atoms with Crippen LogP contribution in [0.15, 0.2) is 0 Å². The van der Waals surface area contributed by atoms with Crippen molar-refractivity contribution >= 4 is 13.7 Å². The number of unbranched alkanes of at least 4 members (excludes halogenated alkanes) is 1. The third-order valence-electron chi connectivity index (χ3n) is 4.01. The van der Waals surface area contributed by atoms with E-state index in [9.17, 15) is 29.6 Å². The Balaban J connectivity index is 2.20. The molecule has 0 spiro atoms. The minimum absolute atomic E-state index is 0.0673. The van der Waals surface area contributed by atoms with Gasteiger partial charge >= 0.3 is 7.82 Å². The van der Waals surface area contributed by atoms with E-state index >= 15 is 0 Å². The number of phosphoric ester groups is 1. The van der Waals surface area contributed by atoms with Crippen LogP contribution < -0.4 is 5.32 Å². The predicted molar refractivity (Wildman–Crippen MR) is 95.1 cm³/mol. The molecule has 29 heavy (non-hydrogen) atoms. The molecule has 1 aliphatic heterocycles. The number of ether oxygens (including phenoxy) is 2. The Kier molecular flexibility index (Phi) is 12.3. The van der Waals surface area contributed by atoms with Crippen molar-refractivity contribution in [1.29, 1.82) is 0 Å². The first kappa shape index (κ1) is 26.3. The molecule has 1 fully saturated rings. The Morgan fingerprint density at radius 2 is 2.03 bits per heavy atom. The van der Waals surface area contributed by atoms with Crippen LogP contribution in [-0.4, -0.2) is 95.4 Å². The van der Waals surface area contributed by atoms with Gasteiger partial charge in [0.2, 0.25) is 5.91 Å². The zero-order chi connectivity index (χ0) is 21.9. The number of amides is 1. The van der Waals surface area contributed by atoms with E-state index in [1.165, 1.54) is 0 Å². The molecule has 0 aliphatic carbocycles. The molecule has 0 aromatic carbocycles. The Labute approximate surface area is 168 Å². The lowest BCUT2D eigenvalue weighted by Gasteiger charge is -2.36. The molecule has 0 bridgehead atoms. The summed E-state index contributed by atoms with van der Waals surface area (Å²) >= 11 is 0. The Bertz CT molecular complexity index is 524. The van der Waals surface area contributed by atoms with Crippen LogP contribution in [0.5, 0.6) is 0 Å². The summed E-state index contributed by atoms with van der Waals surface area (Å²) in [6.07, 6.45) is -2.81. The van der Waals surface area contributed by atoms with E-state index in [1.807, 2.05) is 0 Å². The van der Waals surface area contributed by atoms with E-state index in [-0.39, 0.29) is 19.4 Å². The fraction of sp³-hybridized carbons (Fsp3) is 0.933. The van der Waals surface area contributed by atoms with Gasteiger partial charge in [0.05, 0.1) is 39.1 Å². The van der Waals surface area contributed by atoms with E-state index in [4.69, 9.17) is 14.6 Å². The minimum Gasteiger partial charge on any atom is -0.394 e. The van der Waals surface area contributed by atoms with Crippen molar-refractivity contribution in [2.24, 2.45) is 0 Å². The van der Waals surface area contributed by atoms with Crippen LogP contribution >= 0.6 is 7.82 Å². The van der Waals surface area contributed by atoms with E-state index in [2.05, 4.69) is 19.4 Å². The second-order valence-corrected chi connectivity index (χ2v) is 7.71. The molecular formula is C15H30NO12P. The van der Waals surface area contributed by atoms with Crippen molar-refractivity contribution in [2.45, 2.75) is 56.3 Å². The molecule has 1 heterocycles. The highest BCUT2D eigenvalue weighted by Crippen LogP contribution is 2.43. The molecule has 6 N–H and O–H groups in total. The summed E-state index contributed by atoms with van der Waals surface area (Å²) in [6, 6.07) is -0.904. The summed E-state index contributed by atoms with van der Waals surface area (Å²) in [5.41, 5.74) is 0. The zero-order valence-corrected chi connectivity index (χ0v) is 17.0. The van der Waals surface area contributed by atoms with Gasteiger partial charge in [-0.25, -0.2) is 9.45 Å². The fourth-order valence-corrected chi connectivity index (χ4v) is 3.12. The van der Waals surface area contributed by atoms with E-state index < -0.39 is 64.2 Å². The third kappa shape index (κ3) is 10.2. The van der Waals surface area contributed by atoms with Crippen LogP contribution in [-0.2, 0) is 32.9 Å². The SMILES string of the molecule is COOP(=O)(O)OCC(CO)NC(=O)CCCCOC1C[C@@H](O)C(O)C(CO)O1. The molecule has 5 unspecified atom stereocenters. The van der Waals surface area contributed by atoms with Crippen LogP contribution in [0.2, 0.25) is 0 Å². The number of aliphatic hydroxyl groups excluding tert-OH is 4. The van der Waals surface area contributed by atoms with Crippen LogP contribution in [0.25, 0.3) is 0 Å². The van der Waals surface area contributed by atoms with Gasteiger partial charge in [-0.05, 0) is 12.8 Å². The molecular weight excluding hydrogens is 417 g/mol. The Hall–Kier alpha value is -0.700. The van der Waals surface area contributed by atoms with Gasteiger partial charge in [0, 0.05) is 19.4 Å². The van der Waals surface area contributed by atoms with Gasteiger partial charge in [-0.1, -0.05) is 0 Å². The van der Waals surface area contributed by atoms with Crippen molar-refractivity contribution in [1.82, 2.24) is 5.32 Å². The summed E-state index contributed by atoms with van der Waals surface area (Å²) < 4.78 is 30.6. The van der Waals surface area contributed by atoms with Gasteiger partial charge in [0.15, 0.2) is 6.29 Å². The van der Waals surface area contributed by atoms with Gasteiger partial charge in [0.1, 0.15) is 12.2 Å². The number of aliphatic hydroxyl groups is 4. The lowest BCUT2D eigenvalue weighted by atomic mass is 10.0. The topological polar surface area (TPSA) is 193 Å². The quantitative estimate of drug-likeness (QED) is 0.0756. The third-order valence-corrected chi connectivity index (χ3v) is 4.82. The van der Waals surface area contributed by atoms with Crippen molar-refractivity contribution in [3.8, 4) is 0 Å². The molecule has 13 nitrogen and oxygen atoms in total. The summed E-state index contributed by atoms with van der Waals surface area (Å²) in [5, 5.41) is 40.1. The lowest BCUT2D eigenvalue weighted by Crippen LogP contribution is -2.50. The number of carbonyl (C=O) groups is 1. The molecule has 14 heteroatoms. The maximum absolute atomic E-state index is 11.9. The molecule has 1 aliphatic rings. The molecule has 0 aromatic rings. The monoisotopic (exact) mass is 447 g/mol. The van der Waals surface area contributed by atoms with Crippen molar-refractivity contribution in [3.05, 3.63) is 0 Å². The van der Waals surface area contributed by atoms with E-state index in [1.54, 1.807) is 0 Å². The molecule has 6 atom stereocenters. The summed E-state index contributed by atoms with van der Waals surface area (Å²) in [5.74, 6) is -0.402. The van der Waals surface area contributed by atoms with Crippen molar-refractivity contribution in [2.75, 3.05) is 33.5 Å². The Morgan fingerprint density at radius 1 is 1.31 bits per heavy atom. The van der Waals surface area contributed by atoms with Gasteiger partial charge in [-0.2, -0.15) is 0 Å². The number of rotatable bonds is 14. The van der Waals surface area contributed by atoms with Crippen LogP contribution in [0, 0.1) is 0 Å². The average molecular weight is 447 g/mol. The highest BCUT2D eigenvalue weighted by atomic mass is 31.2. The zero-order valence-electron chi connectivity index (χ0n) is 16.1. The normalized spacial score (nSPS) is 27.9. The van der Waals surface area contributed by atoms with Crippen LogP contribution in [0.4, 0.5) is 0 Å². The summed E-state index contributed by atoms with van der Waals surface area (Å²) in [7, 11) is -3.40. The fourth-order valence-electron chi connectivity index (χ4n) is 2.52. The number of nitrogens with one attached hydrogen (secondary N) is 1. The first-order chi connectivity index (χ1) is 13.7. The summed E-state index contributed by atoms with van der Waals surface area (Å²) in [4.78, 5) is 25.1. The number of hydrogen-bond donors (Lipinski definition) is 6. The minimum atomic E-state index is -4.42. The number of hydrogen-bond acceptors (Lipinski definition) is 11. The lowest BCUT2D eigenvalue weighted by molar-refractivity contribution is -0.256. The average Bonchev–Trinajstić information content (AvgIpc) is 2.67. The molecule has 0 aromatic heterocycles. The largest absolute Gasteiger partial charge is 0.499 e. The standard InChI is InChI=1S/C15H30NO12P/c1-24-28-29(22,23)26-9-10(7-17)16-13(20)4-2-3-5-25-14-6-11(19)15(21)12(8-18)27-14/h10-12,14-15,17-19,21H,2-9H2,1H3,(H,16,20)(H,22,23)/t10?,11-,12?,14?,15?/m1/s1. The maximum Gasteiger partial charge on any atom is 0.499 e.